The molecule has 0 bridgehead atoms. The smallest absolute Gasteiger partial charge is 0.138 e. The summed E-state index contributed by atoms with van der Waals surface area (Å²) in [4.78, 5) is 19.7. The second kappa shape index (κ2) is 4.31. The summed E-state index contributed by atoms with van der Waals surface area (Å²) in [5, 5.41) is 0. The predicted molar refractivity (Wildman–Crippen MR) is 54.8 cm³/mol. The molecule has 1 aromatic rings. The van der Waals surface area contributed by atoms with Gasteiger partial charge in [0.05, 0.1) is 5.69 Å². The van der Waals surface area contributed by atoms with Gasteiger partial charge in [-0.3, -0.25) is 14.8 Å². The highest BCUT2D eigenvalue weighted by Gasteiger charge is 2.20. The zero-order chi connectivity index (χ0) is 10.6. The zero-order valence-corrected chi connectivity index (χ0v) is 8.95. The maximum Gasteiger partial charge on any atom is 0.138 e. The first-order valence-electron chi connectivity index (χ1n) is 4.78. The average molecular weight is 192 g/mol. The fourth-order valence-corrected chi connectivity index (χ4v) is 1.08. The normalized spacial score (nSPS) is 11.4. The number of hydrogen-bond acceptors (Lipinski definition) is 3. The van der Waals surface area contributed by atoms with Gasteiger partial charge in [-0.05, 0) is 6.42 Å². The van der Waals surface area contributed by atoms with E-state index < -0.39 is 0 Å². The number of Topliss-reactive ketones (excluding diaryl/α,β-unsaturated/α-hetero) is 1. The van der Waals surface area contributed by atoms with Crippen molar-refractivity contribution >= 4 is 5.78 Å². The van der Waals surface area contributed by atoms with E-state index in [-0.39, 0.29) is 11.2 Å². The highest BCUT2D eigenvalue weighted by Crippen LogP contribution is 2.17. The van der Waals surface area contributed by atoms with Crippen LogP contribution in [0.5, 0.6) is 0 Å². The van der Waals surface area contributed by atoms with Gasteiger partial charge in [0.2, 0.25) is 0 Å². The third-order valence-electron chi connectivity index (χ3n) is 2.06. The monoisotopic (exact) mass is 192 g/mol. The molecule has 0 aliphatic carbocycles. The van der Waals surface area contributed by atoms with Crippen molar-refractivity contribution in [3.05, 3.63) is 24.3 Å². The van der Waals surface area contributed by atoms with Crippen LogP contribution in [-0.2, 0) is 11.2 Å². The predicted octanol–water partition coefficient (Wildman–Crippen LogP) is 2.02. The van der Waals surface area contributed by atoms with Crippen molar-refractivity contribution in [2.24, 2.45) is 5.41 Å². The lowest BCUT2D eigenvalue weighted by atomic mass is 9.88. The lowest BCUT2D eigenvalue weighted by Crippen LogP contribution is -2.20. The molecular formula is C11H16N2O. The molecule has 3 nitrogen and oxygen atoms in total. The largest absolute Gasteiger partial charge is 0.299 e. The SMILES string of the molecule is CC(C)(C)C(=O)CCc1cnccn1. The number of aryl methyl sites for hydroxylation is 1. The van der Waals surface area contributed by atoms with Gasteiger partial charge in [0.1, 0.15) is 5.78 Å². The van der Waals surface area contributed by atoms with Crippen LogP contribution in [0.3, 0.4) is 0 Å². The van der Waals surface area contributed by atoms with Gasteiger partial charge in [-0.2, -0.15) is 0 Å². The fourth-order valence-electron chi connectivity index (χ4n) is 1.08. The summed E-state index contributed by atoms with van der Waals surface area (Å²) in [6.45, 7) is 5.81. The van der Waals surface area contributed by atoms with Crippen LogP contribution in [-0.4, -0.2) is 15.8 Å². The summed E-state index contributed by atoms with van der Waals surface area (Å²) in [6, 6.07) is 0. The highest BCUT2D eigenvalue weighted by atomic mass is 16.1. The van der Waals surface area contributed by atoms with Gasteiger partial charge in [-0.25, -0.2) is 0 Å². The lowest BCUT2D eigenvalue weighted by Gasteiger charge is -2.15. The van der Waals surface area contributed by atoms with Crippen molar-refractivity contribution in [3.8, 4) is 0 Å². The molecule has 0 N–H and O–H groups in total. The van der Waals surface area contributed by atoms with Crippen molar-refractivity contribution in [1.82, 2.24) is 9.97 Å². The van der Waals surface area contributed by atoms with Gasteiger partial charge in [-0.15, -0.1) is 0 Å². The number of carbonyl (C=O) groups is 1. The molecule has 14 heavy (non-hydrogen) atoms. The Morgan fingerprint density at radius 3 is 2.57 bits per heavy atom. The molecule has 1 heterocycles. The average Bonchev–Trinajstić information content (AvgIpc) is 2.14. The highest BCUT2D eigenvalue weighted by molar-refractivity contribution is 5.83. The minimum atomic E-state index is -0.248. The Balaban J connectivity index is 2.46. The molecule has 0 amide bonds. The van der Waals surface area contributed by atoms with Gasteiger partial charge in [-0.1, -0.05) is 20.8 Å². The summed E-state index contributed by atoms with van der Waals surface area (Å²) in [7, 11) is 0. The second-order valence-corrected chi connectivity index (χ2v) is 4.37. The van der Waals surface area contributed by atoms with E-state index in [1.165, 1.54) is 0 Å². The Morgan fingerprint density at radius 1 is 1.36 bits per heavy atom. The van der Waals surface area contributed by atoms with Gasteiger partial charge in [0.25, 0.3) is 0 Å². The molecule has 0 radical (unpaired) electrons. The Hall–Kier alpha value is -1.25. The number of hydrogen-bond donors (Lipinski definition) is 0. The van der Waals surface area contributed by atoms with Crippen LogP contribution >= 0.6 is 0 Å². The van der Waals surface area contributed by atoms with Gasteiger partial charge < -0.3 is 0 Å². The molecule has 0 aromatic carbocycles. The van der Waals surface area contributed by atoms with E-state index in [4.69, 9.17) is 0 Å². The van der Waals surface area contributed by atoms with Gasteiger partial charge in [0.15, 0.2) is 0 Å². The fraction of sp³-hybridized carbons (Fsp3) is 0.545. The molecule has 0 saturated carbocycles. The molecule has 0 aliphatic heterocycles. The molecule has 0 saturated heterocycles. The Morgan fingerprint density at radius 2 is 2.07 bits per heavy atom. The van der Waals surface area contributed by atoms with Crippen molar-refractivity contribution in [3.63, 3.8) is 0 Å². The standard InChI is InChI=1S/C11H16N2O/c1-11(2,3)10(14)5-4-9-8-12-6-7-13-9/h6-8H,4-5H2,1-3H3. The number of aromatic nitrogens is 2. The first-order valence-corrected chi connectivity index (χ1v) is 4.78. The summed E-state index contributed by atoms with van der Waals surface area (Å²) in [5.74, 6) is 0.267. The van der Waals surface area contributed by atoms with Gasteiger partial charge in [0, 0.05) is 30.4 Å². The molecule has 0 atom stereocenters. The van der Waals surface area contributed by atoms with E-state index in [1.807, 2.05) is 20.8 Å². The van der Waals surface area contributed by atoms with E-state index in [1.54, 1.807) is 18.6 Å². The van der Waals surface area contributed by atoms with Crippen LogP contribution in [0, 0.1) is 5.41 Å². The first-order chi connectivity index (χ1) is 6.50. The maximum absolute atomic E-state index is 11.6. The zero-order valence-electron chi connectivity index (χ0n) is 8.95. The number of rotatable bonds is 3. The quantitative estimate of drug-likeness (QED) is 0.735. The van der Waals surface area contributed by atoms with Crippen molar-refractivity contribution < 1.29 is 4.79 Å². The Labute approximate surface area is 84.6 Å². The van der Waals surface area contributed by atoms with Gasteiger partial charge >= 0.3 is 0 Å². The third kappa shape index (κ3) is 3.24. The molecule has 0 unspecified atom stereocenters. The van der Waals surface area contributed by atoms with Crippen molar-refractivity contribution in [2.45, 2.75) is 33.6 Å². The van der Waals surface area contributed by atoms with Crippen LogP contribution in [0.4, 0.5) is 0 Å². The third-order valence-corrected chi connectivity index (χ3v) is 2.06. The van der Waals surface area contributed by atoms with Crippen molar-refractivity contribution in [1.29, 1.82) is 0 Å². The Bertz CT molecular complexity index is 301. The van der Waals surface area contributed by atoms with E-state index in [9.17, 15) is 4.79 Å². The molecular weight excluding hydrogens is 176 g/mol. The Kier molecular flexibility index (Phi) is 3.33. The molecule has 1 aromatic heterocycles. The van der Waals surface area contributed by atoms with Crippen molar-refractivity contribution in [2.75, 3.05) is 0 Å². The molecule has 0 fully saturated rings. The van der Waals surface area contributed by atoms with Crippen LogP contribution in [0.25, 0.3) is 0 Å². The summed E-state index contributed by atoms with van der Waals surface area (Å²) in [6.07, 6.45) is 6.22. The summed E-state index contributed by atoms with van der Waals surface area (Å²) < 4.78 is 0. The van der Waals surface area contributed by atoms with Crippen LogP contribution in [0.15, 0.2) is 18.6 Å². The summed E-state index contributed by atoms with van der Waals surface area (Å²) >= 11 is 0. The molecule has 0 spiro atoms. The topological polar surface area (TPSA) is 42.9 Å². The first kappa shape index (κ1) is 10.8. The number of nitrogens with zero attached hydrogens (tertiary/aromatic N) is 2. The minimum Gasteiger partial charge on any atom is -0.299 e. The van der Waals surface area contributed by atoms with Crippen LogP contribution in [0.2, 0.25) is 0 Å². The molecule has 76 valence electrons. The van der Waals surface area contributed by atoms with E-state index in [2.05, 4.69) is 9.97 Å². The number of ketones is 1. The molecule has 3 heteroatoms. The number of carbonyl (C=O) groups excluding carboxylic acids is 1. The minimum absolute atomic E-state index is 0.248. The molecule has 0 aliphatic rings. The van der Waals surface area contributed by atoms with Crippen LogP contribution < -0.4 is 0 Å². The summed E-state index contributed by atoms with van der Waals surface area (Å²) in [5.41, 5.74) is 0.632. The second-order valence-electron chi connectivity index (χ2n) is 4.37. The van der Waals surface area contributed by atoms with E-state index >= 15 is 0 Å². The van der Waals surface area contributed by atoms with E-state index in [0.717, 1.165) is 5.69 Å². The maximum atomic E-state index is 11.6. The molecule has 1 rings (SSSR count). The van der Waals surface area contributed by atoms with E-state index in [0.29, 0.717) is 12.8 Å². The van der Waals surface area contributed by atoms with Crippen LogP contribution in [0.1, 0.15) is 32.9 Å². The lowest BCUT2D eigenvalue weighted by molar-refractivity contribution is -0.126.